The predicted molar refractivity (Wildman–Crippen MR) is 64.6 cm³/mol. The Bertz CT molecular complexity index is 336. The second-order valence-corrected chi connectivity index (χ2v) is 4.31. The molecular formula is C12H17NOS. The molecule has 2 rings (SSSR count). The highest BCUT2D eigenvalue weighted by Gasteiger charge is 2.08. The number of pyridine rings is 1. The lowest BCUT2D eigenvalue weighted by Gasteiger charge is -2.00. The summed E-state index contributed by atoms with van der Waals surface area (Å²) in [6.07, 6.45) is 7.67. The monoisotopic (exact) mass is 223 g/mol. The van der Waals surface area contributed by atoms with Gasteiger partial charge in [-0.25, -0.2) is 0 Å². The summed E-state index contributed by atoms with van der Waals surface area (Å²) in [7, 11) is 0. The van der Waals surface area contributed by atoms with Gasteiger partial charge in [0.1, 0.15) is 6.26 Å². The zero-order valence-electron chi connectivity index (χ0n) is 9.49. The Morgan fingerprint density at radius 3 is 2.93 bits per heavy atom. The molecule has 82 valence electrons. The Kier molecular flexibility index (Phi) is 5.26. The van der Waals surface area contributed by atoms with Crippen molar-refractivity contribution in [2.75, 3.05) is 0 Å². The predicted octanol–water partition coefficient (Wildman–Crippen LogP) is 3.98. The molecule has 2 nitrogen and oxygen atoms in total. The number of hydrogen-bond acceptors (Lipinski definition) is 3. The number of fused-ring (bicyclic) bond motifs is 1. The molecule has 0 spiro atoms. The van der Waals surface area contributed by atoms with Crippen LogP contribution in [-0.4, -0.2) is 4.98 Å². The first-order chi connectivity index (χ1) is 7.27. The normalized spacial score (nSPS) is 13.7. The van der Waals surface area contributed by atoms with E-state index < -0.39 is 0 Å². The molecule has 0 aliphatic carbocycles. The van der Waals surface area contributed by atoms with Gasteiger partial charge in [-0.3, -0.25) is 4.98 Å². The summed E-state index contributed by atoms with van der Waals surface area (Å²) in [5.41, 5.74) is 2.54. The lowest BCUT2D eigenvalue weighted by atomic mass is 10.1. The van der Waals surface area contributed by atoms with E-state index >= 15 is 0 Å². The smallest absolute Gasteiger partial charge is 0.101 e. The van der Waals surface area contributed by atoms with Crippen LogP contribution in [0.4, 0.5) is 0 Å². The molecule has 15 heavy (non-hydrogen) atoms. The number of allylic oxidation sites excluding steroid dienone is 1. The average molecular weight is 223 g/mol. The van der Waals surface area contributed by atoms with Gasteiger partial charge in [-0.15, -0.1) is 0 Å². The molecule has 2 heterocycles. The van der Waals surface area contributed by atoms with Crippen LogP contribution in [0.3, 0.4) is 0 Å². The van der Waals surface area contributed by atoms with Crippen LogP contribution in [0.5, 0.6) is 0 Å². The minimum absolute atomic E-state index is 0.963. The van der Waals surface area contributed by atoms with Crippen LogP contribution in [0, 0.1) is 0 Å². The number of nitrogens with zero attached hydrogens (tertiary/aromatic N) is 1. The number of aromatic nitrogens is 1. The van der Waals surface area contributed by atoms with E-state index in [2.05, 4.69) is 25.8 Å². The van der Waals surface area contributed by atoms with Crippen molar-refractivity contribution in [3.05, 3.63) is 35.9 Å². The summed E-state index contributed by atoms with van der Waals surface area (Å²) in [6.45, 7) is 6.32. The Hall–Kier alpha value is -0.960. The maximum Gasteiger partial charge on any atom is 0.101 e. The van der Waals surface area contributed by atoms with Crippen molar-refractivity contribution in [2.45, 2.75) is 38.5 Å². The van der Waals surface area contributed by atoms with Gasteiger partial charge in [0, 0.05) is 12.4 Å². The zero-order valence-corrected chi connectivity index (χ0v) is 10.3. The van der Waals surface area contributed by atoms with Crippen molar-refractivity contribution in [1.29, 1.82) is 0 Å². The Labute approximate surface area is 96.0 Å². The third kappa shape index (κ3) is 3.96. The number of rotatable bonds is 0. The Morgan fingerprint density at radius 2 is 2.20 bits per heavy atom. The first-order valence-corrected chi connectivity index (χ1v) is 5.94. The van der Waals surface area contributed by atoms with Gasteiger partial charge in [-0.2, -0.15) is 0 Å². The summed E-state index contributed by atoms with van der Waals surface area (Å²) >= 11 is 1.37. The van der Waals surface area contributed by atoms with Gasteiger partial charge in [0.05, 0.1) is 16.9 Å². The van der Waals surface area contributed by atoms with Gasteiger partial charge in [0.15, 0.2) is 0 Å². The maximum absolute atomic E-state index is 5.25. The fourth-order valence-corrected chi connectivity index (χ4v) is 1.80. The van der Waals surface area contributed by atoms with Crippen molar-refractivity contribution >= 4 is 12.0 Å². The quantitative estimate of drug-likeness (QED) is 0.621. The SMILES string of the molecule is CC1=COSc2cnccc2C1.CCC. The standard InChI is InChI=1S/C9H9NOS.C3H8/c1-7-4-8-2-3-10-5-9(8)12-11-6-7;1-3-2/h2-3,5-6H,4H2,1H3;3H2,1-2H3. The Morgan fingerprint density at radius 1 is 1.47 bits per heavy atom. The largest absolute Gasteiger partial charge is 0.428 e. The summed E-state index contributed by atoms with van der Waals surface area (Å²) < 4.78 is 5.25. The van der Waals surface area contributed by atoms with Crippen LogP contribution < -0.4 is 0 Å². The summed E-state index contributed by atoms with van der Waals surface area (Å²) in [6, 6.07) is 2.04. The third-order valence-electron chi connectivity index (χ3n) is 1.73. The molecule has 0 N–H and O–H groups in total. The first-order valence-electron chi connectivity index (χ1n) is 5.19. The highest BCUT2D eigenvalue weighted by Crippen LogP contribution is 2.28. The second-order valence-electron chi connectivity index (χ2n) is 3.51. The molecule has 1 aliphatic heterocycles. The summed E-state index contributed by atoms with van der Waals surface area (Å²) in [5.74, 6) is 0. The topological polar surface area (TPSA) is 22.1 Å². The van der Waals surface area contributed by atoms with Gasteiger partial charge in [-0.1, -0.05) is 20.3 Å². The van der Waals surface area contributed by atoms with Crippen LogP contribution >= 0.6 is 12.0 Å². The fraction of sp³-hybridized carbons (Fsp3) is 0.417. The van der Waals surface area contributed by atoms with Crippen molar-refractivity contribution < 1.29 is 4.18 Å². The molecule has 0 amide bonds. The van der Waals surface area contributed by atoms with Crippen LogP contribution in [-0.2, 0) is 10.6 Å². The molecule has 0 radical (unpaired) electrons. The molecule has 0 atom stereocenters. The molecule has 0 fully saturated rings. The third-order valence-corrected chi connectivity index (χ3v) is 2.47. The minimum atomic E-state index is 0.963. The fourth-order valence-electron chi connectivity index (χ4n) is 1.13. The molecule has 0 unspecified atom stereocenters. The van der Waals surface area contributed by atoms with Crippen molar-refractivity contribution in [2.24, 2.45) is 0 Å². The lowest BCUT2D eigenvalue weighted by Crippen LogP contribution is -1.87. The van der Waals surface area contributed by atoms with Crippen LogP contribution in [0.15, 0.2) is 35.2 Å². The van der Waals surface area contributed by atoms with E-state index in [0.29, 0.717) is 0 Å². The van der Waals surface area contributed by atoms with Gasteiger partial charge in [0.25, 0.3) is 0 Å². The summed E-state index contributed by atoms with van der Waals surface area (Å²) in [5, 5.41) is 0. The molecule has 0 saturated carbocycles. The zero-order chi connectivity index (χ0) is 11.1. The van der Waals surface area contributed by atoms with Crippen LogP contribution in [0.1, 0.15) is 32.8 Å². The molecule has 0 saturated heterocycles. The van der Waals surface area contributed by atoms with E-state index in [-0.39, 0.29) is 0 Å². The van der Waals surface area contributed by atoms with E-state index in [1.807, 2.05) is 18.5 Å². The van der Waals surface area contributed by atoms with E-state index in [4.69, 9.17) is 4.18 Å². The molecule has 0 bridgehead atoms. The highest BCUT2D eigenvalue weighted by atomic mass is 32.2. The molecule has 0 aromatic carbocycles. The molecule has 1 aliphatic rings. The molecule has 1 aromatic rings. The summed E-state index contributed by atoms with van der Waals surface area (Å²) in [4.78, 5) is 5.16. The van der Waals surface area contributed by atoms with Crippen molar-refractivity contribution in [1.82, 2.24) is 4.98 Å². The van der Waals surface area contributed by atoms with Crippen LogP contribution in [0.2, 0.25) is 0 Å². The average Bonchev–Trinajstić information content (AvgIpc) is 2.39. The maximum atomic E-state index is 5.25. The van der Waals surface area contributed by atoms with E-state index in [1.54, 1.807) is 6.26 Å². The second kappa shape index (κ2) is 6.51. The van der Waals surface area contributed by atoms with Gasteiger partial charge >= 0.3 is 0 Å². The van der Waals surface area contributed by atoms with E-state index in [0.717, 1.165) is 11.3 Å². The highest BCUT2D eigenvalue weighted by molar-refractivity contribution is 7.94. The molecule has 1 aromatic heterocycles. The van der Waals surface area contributed by atoms with Crippen molar-refractivity contribution in [3.63, 3.8) is 0 Å². The molecular weight excluding hydrogens is 206 g/mol. The number of hydrogen-bond donors (Lipinski definition) is 0. The van der Waals surface area contributed by atoms with Gasteiger partial charge < -0.3 is 4.18 Å². The van der Waals surface area contributed by atoms with Gasteiger partial charge in [-0.05, 0) is 30.5 Å². The first kappa shape index (κ1) is 12.1. The lowest BCUT2D eigenvalue weighted by molar-refractivity contribution is 0.560. The molecule has 3 heteroatoms. The van der Waals surface area contributed by atoms with Gasteiger partial charge in [0.2, 0.25) is 0 Å². The van der Waals surface area contributed by atoms with Crippen molar-refractivity contribution in [3.8, 4) is 0 Å². The van der Waals surface area contributed by atoms with E-state index in [9.17, 15) is 0 Å². The van der Waals surface area contributed by atoms with E-state index in [1.165, 1.54) is 29.6 Å². The van der Waals surface area contributed by atoms with Crippen LogP contribution in [0.25, 0.3) is 0 Å². The Balaban J connectivity index is 0.000000337. The minimum Gasteiger partial charge on any atom is -0.428 e.